The minimum Gasteiger partial charge on any atom is -0.444 e. The summed E-state index contributed by atoms with van der Waals surface area (Å²) in [7, 11) is 0. The highest BCUT2D eigenvalue weighted by Gasteiger charge is 2.29. The van der Waals surface area contributed by atoms with Crippen LogP contribution in [0.3, 0.4) is 0 Å². The lowest BCUT2D eigenvalue weighted by Gasteiger charge is -2.34. The van der Waals surface area contributed by atoms with Crippen LogP contribution in [-0.4, -0.2) is 46.8 Å². The lowest BCUT2D eigenvalue weighted by atomic mass is 9.99. The molecule has 7 heteroatoms. The largest absolute Gasteiger partial charge is 0.444 e. The summed E-state index contributed by atoms with van der Waals surface area (Å²) < 4.78 is 15.6. The van der Waals surface area contributed by atoms with Gasteiger partial charge in [0.25, 0.3) is 0 Å². The maximum atomic E-state index is 12.3. The Morgan fingerprint density at radius 2 is 2.23 bits per heavy atom. The first kappa shape index (κ1) is 19.1. The molecule has 2 heterocycles. The van der Waals surface area contributed by atoms with Gasteiger partial charge in [0.1, 0.15) is 5.60 Å². The molecule has 5 nitrogen and oxygen atoms in total. The summed E-state index contributed by atoms with van der Waals surface area (Å²) >= 11 is 7.86. The second kappa shape index (κ2) is 7.94. The number of carbonyl (C=O) groups excluding carboxylic acids is 1. The second-order valence-corrected chi connectivity index (χ2v) is 8.51. The van der Waals surface area contributed by atoms with E-state index in [0.717, 1.165) is 16.0 Å². The first-order valence-electron chi connectivity index (χ1n) is 8.61. The molecule has 1 aliphatic heterocycles. The van der Waals surface area contributed by atoms with Gasteiger partial charge >= 0.3 is 6.09 Å². The van der Waals surface area contributed by atoms with Crippen molar-refractivity contribution in [2.24, 2.45) is 0 Å². The third kappa shape index (κ3) is 4.75. The summed E-state index contributed by atoms with van der Waals surface area (Å²) in [5.41, 5.74) is 1.59. The zero-order valence-electron chi connectivity index (χ0n) is 15.2. The van der Waals surface area contributed by atoms with E-state index >= 15 is 0 Å². The van der Waals surface area contributed by atoms with Crippen LogP contribution < -0.4 is 0 Å². The molecule has 26 heavy (non-hydrogen) atoms. The fourth-order valence-corrected chi connectivity index (χ4v) is 3.98. The van der Waals surface area contributed by atoms with Crippen molar-refractivity contribution in [3.63, 3.8) is 0 Å². The number of nitrogens with zero attached hydrogens (tertiary/aromatic N) is 2. The fourth-order valence-electron chi connectivity index (χ4n) is 2.94. The minimum absolute atomic E-state index is 0.0959. The highest BCUT2D eigenvalue weighted by molar-refractivity contribution is 7.09. The molecule has 140 valence electrons. The molecule has 1 atom stereocenters. The van der Waals surface area contributed by atoms with Crippen LogP contribution >= 0.6 is 23.1 Å². The molecule has 1 saturated heterocycles. The maximum Gasteiger partial charge on any atom is 0.410 e. The van der Waals surface area contributed by atoms with Crippen LogP contribution in [0, 0.1) is 0 Å². The molecule has 1 aliphatic rings. The Hall–Kier alpha value is -1.63. The first-order valence-corrected chi connectivity index (χ1v) is 9.76. The van der Waals surface area contributed by atoms with Gasteiger partial charge in [-0.3, -0.25) is 0 Å². The highest BCUT2D eigenvalue weighted by Crippen LogP contribution is 2.34. The summed E-state index contributed by atoms with van der Waals surface area (Å²) in [5, 5.41) is 0.701. The Bertz CT molecular complexity index is 759. The molecule has 1 unspecified atom stereocenters. The van der Waals surface area contributed by atoms with Crippen molar-refractivity contribution >= 4 is 29.2 Å². The van der Waals surface area contributed by atoms with E-state index in [2.05, 4.69) is 10.4 Å². The highest BCUT2D eigenvalue weighted by atomic mass is 35.5. The van der Waals surface area contributed by atoms with Gasteiger partial charge in [-0.15, -0.1) is 0 Å². The zero-order valence-corrected chi connectivity index (χ0v) is 16.8. The third-order valence-electron chi connectivity index (χ3n) is 4.02. The second-order valence-electron chi connectivity index (χ2n) is 7.27. The van der Waals surface area contributed by atoms with E-state index in [4.69, 9.17) is 21.1 Å². The Kier molecular flexibility index (Phi) is 5.85. The minimum atomic E-state index is -0.503. The molecule has 0 bridgehead atoms. The van der Waals surface area contributed by atoms with Crippen LogP contribution in [0.5, 0.6) is 0 Å². The van der Waals surface area contributed by atoms with Gasteiger partial charge in [-0.2, -0.15) is 0 Å². The zero-order chi connectivity index (χ0) is 18.7. The number of halogens is 1. The molecule has 1 fully saturated rings. The predicted octanol–water partition coefficient (Wildman–Crippen LogP) is 4.64. The van der Waals surface area contributed by atoms with Crippen LogP contribution in [0.15, 0.2) is 30.5 Å². The average Bonchev–Trinajstić information content (AvgIpc) is 3.08. The van der Waals surface area contributed by atoms with Crippen molar-refractivity contribution in [2.45, 2.75) is 38.9 Å². The summed E-state index contributed by atoms with van der Waals surface area (Å²) in [4.78, 5) is 15.1. The van der Waals surface area contributed by atoms with E-state index in [1.165, 1.54) is 11.5 Å². The number of hydrogen-bond acceptors (Lipinski definition) is 5. The Balaban J connectivity index is 1.74. The molecular formula is C19H23ClN2O3S. The molecule has 0 aliphatic carbocycles. The van der Waals surface area contributed by atoms with Crippen molar-refractivity contribution in [2.75, 3.05) is 19.7 Å². The number of ether oxygens (including phenoxy) is 2. The molecule has 0 spiro atoms. The number of rotatable bonds is 3. The fraction of sp³-hybridized carbons (Fsp3) is 0.474. The predicted molar refractivity (Wildman–Crippen MR) is 104 cm³/mol. The van der Waals surface area contributed by atoms with Crippen molar-refractivity contribution in [3.8, 4) is 10.4 Å². The van der Waals surface area contributed by atoms with Gasteiger partial charge < -0.3 is 14.4 Å². The monoisotopic (exact) mass is 394 g/mol. The van der Waals surface area contributed by atoms with Crippen LogP contribution in [0.25, 0.3) is 10.4 Å². The summed E-state index contributed by atoms with van der Waals surface area (Å²) in [6.45, 7) is 7.16. The normalized spacial score (nSPS) is 18.0. The van der Waals surface area contributed by atoms with E-state index in [-0.39, 0.29) is 12.2 Å². The number of hydrogen-bond donors (Lipinski definition) is 0. The number of amides is 1. The van der Waals surface area contributed by atoms with Gasteiger partial charge in [-0.1, -0.05) is 23.7 Å². The van der Waals surface area contributed by atoms with E-state index in [1.54, 1.807) is 11.1 Å². The summed E-state index contributed by atoms with van der Waals surface area (Å²) in [6, 6.07) is 7.84. The van der Waals surface area contributed by atoms with E-state index in [1.807, 2.05) is 39.0 Å². The van der Waals surface area contributed by atoms with Gasteiger partial charge in [-0.05, 0) is 50.0 Å². The lowest BCUT2D eigenvalue weighted by molar-refractivity contribution is -0.0414. The van der Waals surface area contributed by atoms with Gasteiger partial charge in [0.05, 0.1) is 24.1 Å². The molecule has 0 radical (unpaired) electrons. The average molecular weight is 395 g/mol. The first-order chi connectivity index (χ1) is 12.3. The van der Waals surface area contributed by atoms with Crippen LogP contribution in [0.4, 0.5) is 4.79 Å². The standard InChI is InChI=1S/C19H23ClN2O3S/c1-19(2,3)25-18(23)22-9-10-24-14(12-22)11-13-5-4-6-15(20)17(13)16-7-8-21-26-16/h4-8,14H,9-12H2,1-3H3. The number of benzene rings is 1. The quantitative estimate of drug-likeness (QED) is 0.760. The molecule has 3 rings (SSSR count). The Morgan fingerprint density at radius 1 is 1.42 bits per heavy atom. The van der Waals surface area contributed by atoms with Crippen molar-refractivity contribution in [1.29, 1.82) is 0 Å². The molecule has 1 aromatic carbocycles. The van der Waals surface area contributed by atoms with Crippen LogP contribution in [0.1, 0.15) is 26.3 Å². The molecule has 0 saturated carbocycles. The van der Waals surface area contributed by atoms with Gasteiger partial charge in [0.15, 0.2) is 0 Å². The van der Waals surface area contributed by atoms with E-state index in [0.29, 0.717) is 31.1 Å². The summed E-state index contributed by atoms with van der Waals surface area (Å²) in [5.74, 6) is 0. The molecule has 1 aromatic heterocycles. The van der Waals surface area contributed by atoms with Gasteiger partial charge in [0.2, 0.25) is 0 Å². The number of morpholine rings is 1. The Labute approximate surface area is 163 Å². The van der Waals surface area contributed by atoms with Crippen LogP contribution in [-0.2, 0) is 15.9 Å². The maximum absolute atomic E-state index is 12.3. The molecule has 0 N–H and O–H groups in total. The summed E-state index contributed by atoms with van der Waals surface area (Å²) in [6.07, 6.45) is 2.06. The SMILES string of the molecule is CC(C)(C)OC(=O)N1CCOC(Cc2cccc(Cl)c2-c2ccns2)C1. The number of aromatic nitrogens is 1. The number of carbonyl (C=O) groups is 1. The smallest absolute Gasteiger partial charge is 0.410 e. The molecule has 1 amide bonds. The van der Waals surface area contributed by atoms with Crippen LogP contribution in [0.2, 0.25) is 5.02 Å². The molecule has 2 aromatic rings. The van der Waals surface area contributed by atoms with Gasteiger partial charge in [-0.25, -0.2) is 9.17 Å². The van der Waals surface area contributed by atoms with Gasteiger partial charge in [0, 0.05) is 29.7 Å². The lowest BCUT2D eigenvalue weighted by Crippen LogP contribution is -2.48. The van der Waals surface area contributed by atoms with Crippen molar-refractivity contribution in [1.82, 2.24) is 9.27 Å². The van der Waals surface area contributed by atoms with E-state index in [9.17, 15) is 4.79 Å². The van der Waals surface area contributed by atoms with Crippen molar-refractivity contribution < 1.29 is 14.3 Å². The van der Waals surface area contributed by atoms with E-state index < -0.39 is 5.60 Å². The van der Waals surface area contributed by atoms with Crippen molar-refractivity contribution in [3.05, 3.63) is 41.0 Å². The Morgan fingerprint density at radius 3 is 2.92 bits per heavy atom. The topological polar surface area (TPSA) is 51.7 Å². The molecular weight excluding hydrogens is 372 g/mol. The third-order valence-corrected chi connectivity index (χ3v) is 5.10.